The fourth-order valence-electron chi connectivity index (χ4n) is 2.39. The molecule has 0 bridgehead atoms. The van der Waals surface area contributed by atoms with Crippen LogP contribution in [0.2, 0.25) is 0 Å². The largest absolute Gasteiger partial charge is 0.241 e. The number of fused-ring (bicyclic) bond motifs is 1. The maximum Gasteiger partial charge on any atom is 0.241 e. The maximum absolute atomic E-state index is 13.4. The molecule has 2 aromatic carbocycles. The third kappa shape index (κ3) is 3.39. The smallest absolute Gasteiger partial charge is 0.207 e. The Bertz CT molecular complexity index is 856. The van der Waals surface area contributed by atoms with E-state index in [4.69, 9.17) is 0 Å². The van der Waals surface area contributed by atoms with Crippen LogP contribution in [0.15, 0.2) is 46.2 Å². The van der Waals surface area contributed by atoms with Gasteiger partial charge in [0.05, 0.1) is 4.90 Å². The van der Waals surface area contributed by atoms with Gasteiger partial charge in [-0.05, 0) is 54.1 Å². The van der Waals surface area contributed by atoms with Crippen LogP contribution >= 0.6 is 11.8 Å². The van der Waals surface area contributed by atoms with Crippen LogP contribution in [0.25, 0.3) is 0 Å². The van der Waals surface area contributed by atoms with Crippen molar-refractivity contribution in [3.8, 4) is 0 Å². The molecule has 1 heterocycles. The molecule has 23 heavy (non-hydrogen) atoms. The van der Waals surface area contributed by atoms with Crippen molar-refractivity contribution >= 4 is 21.8 Å². The van der Waals surface area contributed by atoms with Gasteiger partial charge in [-0.2, -0.15) is 0 Å². The molecule has 1 aliphatic rings. The highest BCUT2D eigenvalue weighted by Crippen LogP contribution is 2.37. The Morgan fingerprint density at radius 1 is 1.04 bits per heavy atom. The monoisotopic (exact) mass is 359 g/mol. The molecule has 0 fully saturated rings. The molecule has 0 aromatic heterocycles. The number of halogens is 3. The van der Waals surface area contributed by atoms with Gasteiger partial charge >= 0.3 is 0 Å². The molecule has 0 amide bonds. The molecule has 1 aliphatic heterocycles. The third-order valence-electron chi connectivity index (χ3n) is 3.51. The summed E-state index contributed by atoms with van der Waals surface area (Å²) in [6.45, 7) is 0. The molecule has 1 atom stereocenters. The van der Waals surface area contributed by atoms with E-state index in [-0.39, 0.29) is 4.90 Å². The summed E-state index contributed by atoms with van der Waals surface area (Å²) in [6.07, 6.45) is 0.476. The molecular formula is C15H12F3NO2S2. The standard InChI is InChI=1S/C15H12F3NO2S2/c16-9-1-4-15-11(7-9)14(5-6-22-15)19-23(20,21)10-2-3-12(17)13(18)8-10/h1-4,7-8,14,19H,5-6H2/t14-/m1/s1. The van der Waals surface area contributed by atoms with Crippen molar-refractivity contribution in [2.75, 3.05) is 5.75 Å². The van der Waals surface area contributed by atoms with E-state index in [0.29, 0.717) is 23.8 Å². The predicted molar refractivity (Wildman–Crippen MR) is 81.2 cm³/mol. The van der Waals surface area contributed by atoms with Crippen LogP contribution in [0.5, 0.6) is 0 Å². The first-order chi connectivity index (χ1) is 10.9. The van der Waals surface area contributed by atoms with Crippen molar-refractivity contribution < 1.29 is 21.6 Å². The second-order valence-corrected chi connectivity index (χ2v) is 7.92. The van der Waals surface area contributed by atoms with Gasteiger partial charge in [-0.1, -0.05) is 0 Å². The van der Waals surface area contributed by atoms with Crippen LogP contribution in [0, 0.1) is 17.5 Å². The Morgan fingerprint density at radius 2 is 1.83 bits per heavy atom. The van der Waals surface area contributed by atoms with Crippen molar-refractivity contribution in [3.05, 3.63) is 59.4 Å². The molecule has 2 aromatic rings. The lowest BCUT2D eigenvalue weighted by Gasteiger charge is -2.25. The highest BCUT2D eigenvalue weighted by Gasteiger charge is 2.27. The van der Waals surface area contributed by atoms with E-state index in [9.17, 15) is 21.6 Å². The lowest BCUT2D eigenvalue weighted by Crippen LogP contribution is -2.31. The van der Waals surface area contributed by atoms with Crippen molar-refractivity contribution in [1.82, 2.24) is 4.72 Å². The number of benzene rings is 2. The number of sulfonamides is 1. The molecular weight excluding hydrogens is 347 g/mol. The number of nitrogens with one attached hydrogen (secondary N) is 1. The van der Waals surface area contributed by atoms with Gasteiger partial charge in [-0.15, -0.1) is 11.8 Å². The Morgan fingerprint density at radius 3 is 2.57 bits per heavy atom. The van der Waals surface area contributed by atoms with E-state index < -0.39 is 33.5 Å². The second-order valence-electron chi connectivity index (χ2n) is 5.07. The summed E-state index contributed by atoms with van der Waals surface area (Å²) in [6, 6.07) is 5.98. The molecule has 1 N–H and O–H groups in total. The summed E-state index contributed by atoms with van der Waals surface area (Å²) in [5.41, 5.74) is 0.549. The summed E-state index contributed by atoms with van der Waals surface area (Å²) < 4.78 is 66.8. The van der Waals surface area contributed by atoms with E-state index in [2.05, 4.69) is 4.72 Å². The van der Waals surface area contributed by atoms with E-state index in [0.717, 1.165) is 17.0 Å². The Balaban J connectivity index is 1.93. The average molecular weight is 359 g/mol. The van der Waals surface area contributed by atoms with E-state index >= 15 is 0 Å². The molecule has 0 radical (unpaired) electrons. The number of rotatable bonds is 3. The van der Waals surface area contributed by atoms with Crippen LogP contribution in [-0.4, -0.2) is 14.2 Å². The molecule has 0 aliphatic carbocycles. The molecule has 8 heteroatoms. The maximum atomic E-state index is 13.4. The molecule has 0 saturated heterocycles. The Hall–Kier alpha value is -1.51. The summed E-state index contributed by atoms with van der Waals surface area (Å²) in [7, 11) is -4.04. The van der Waals surface area contributed by atoms with Gasteiger partial charge < -0.3 is 0 Å². The minimum Gasteiger partial charge on any atom is -0.207 e. The zero-order valence-corrected chi connectivity index (χ0v) is 13.4. The first-order valence-electron chi connectivity index (χ1n) is 6.76. The lowest BCUT2D eigenvalue weighted by atomic mass is 10.0. The lowest BCUT2D eigenvalue weighted by molar-refractivity contribution is 0.502. The Labute approximate surface area is 136 Å². The fourth-order valence-corrected chi connectivity index (χ4v) is 4.75. The number of thioether (sulfide) groups is 1. The van der Waals surface area contributed by atoms with Crippen LogP contribution in [0.1, 0.15) is 18.0 Å². The molecule has 122 valence electrons. The molecule has 0 spiro atoms. The molecule has 0 unspecified atom stereocenters. The quantitative estimate of drug-likeness (QED) is 0.911. The van der Waals surface area contributed by atoms with Gasteiger partial charge in [-0.25, -0.2) is 26.3 Å². The van der Waals surface area contributed by atoms with Crippen LogP contribution in [0.3, 0.4) is 0 Å². The molecule has 3 nitrogen and oxygen atoms in total. The summed E-state index contributed by atoms with van der Waals surface area (Å²) in [4.78, 5) is 0.434. The topological polar surface area (TPSA) is 46.2 Å². The first kappa shape index (κ1) is 16.4. The van der Waals surface area contributed by atoms with Crippen LogP contribution < -0.4 is 4.72 Å². The van der Waals surface area contributed by atoms with E-state index in [1.807, 2.05) is 0 Å². The second kappa shape index (κ2) is 6.18. The normalized spacial score (nSPS) is 17.8. The highest BCUT2D eigenvalue weighted by molar-refractivity contribution is 7.99. The van der Waals surface area contributed by atoms with Gasteiger partial charge in [0.1, 0.15) is 5.82 Å². The Kier molecular flexibility index (Phi) is 4.39. The minimum atomic E-state index is -4.04. The summed E-state index contributed by atoms with van der Waals surface area (Å²) in [5.74, 6) is -2.14. The van der Waals surface area contributed by atoms with E-state index in [1.54, 1.807) is 6.07 Å². The zero-order valence-electron chi connectivity index (χ0n) is 11.7. The van der Waals surface area contributed by atoms with E-state index in [1.165, 1.54) is 23.9 Å². The van der Waals surface area contributed by atoms with Crippen molar-refractivity contribution in [3.63, 3.8) is 0 Å². The zero-order chi connectivity index (χ0) is 16.6. The van der Waals surface area contributed by atoms with Crippen molar-refractivity contribution in [1.29, 1.82) is 0 Å². The van der Waals surface area contributed by atoms with Gasteiger partial charge in [0.15, 0.2) is 11.6 Å². The SMILES string of the molecule is O=S(=O)(N[C@@H]1CCSc2ccc(F)cc21)c1ccc(F)c(F)c1. The average Bonchev–Trinajstić information content (AvgIpc) is 2.50. The summed E-state index contributed by atoms with van der Waals surface area (Å²) >= 11 is 1.52. The number of hydrogen-bond acceptors (Lipinski definition) is 3. The van der Waals surface area contributed by atoms with Gasteiger partial charge in [0.2, 0.25) is 10.0 Å². The predicted octanol–water partition coefficient (Wildman–Crippen LogP) is 3.62. The third-order valence-corrected chi connectivity index (χ3v) is 6.10. The van der Waals surface area contributed by atoms with Gasteiger partial charge in [0, 0.05) is 10.9 Å². The van der Waals surface area contributed by atoms with Crippen LogP contribution in [-0.2, 0) is 10.0 Å². The molecule has 3 rings (SSSR count). The van der Waals surface area contributed by atoms with Crippen LogP contribution in [0.4, 0.5) is 13.2 Å². The first-order valence-corrected chi connectivity index (χ1v) is 9.23. The minimum absolute atomic E-state index is 0.368. The number of hydrogen-bond donors (Lipinski definition) is 1. The van der Waals surface area contributed by atoms with Gasteiger partial charge in [0.25, 0.3) is 0 Å². The molecule has 0 saturated carbocycles. The van der Waals surface area contributed by atoms with Crippen molar-refractivity contribution in [2.45, 2.75) is 22.3 Å². The highest BCUT2D eigenvalue weighted by atomic mass is 32.2. The van der Waals surface area contributed by atoms with Gasteiger partial charge in [-0.3, -0.25) is 0 Å². The van der Waals surface area contributed by atoms with Crippen molar-refractivity contribution in [2.24, 2.45) is 0 Å². The summed E-state index contributed by atoms with van der Waals surface area (Å²) in [5, 5.41) is 0. The fraction of sp³-hybridized carbons (Fsp3) is 0.200.